The summed E-state index contributed by atoms with van der Waals surface area (Å²) in [7, 11) is 0. The fraction of sp³-hybridized carbons (Fsp3) is 0.645. The first-order valence-electron chi connectivity index (χ1n) is 46.3. The molecule has 45 heteroatoms. The normalized spacial score (nSPS) is 23.1. The van der Waals surface area contributed by atoms with Gasteiger partial charge < -0.3 is 44.4 Å². The minimum atomic E-state index is -0.984. The first kappa shape index (κ1) is 114. The fourth-order valence-electron chi connectivity index (χ4n) is 15.2. The van der Waals surface area contributed by atoms with Gasteiger partial charge in [0.2, 0.25) is 47.3 Å². The van der Waals surface area contributed by atoms with Gasteiger partial charge in [-0.1, -0.05) is 125 Å². The molecule has 9 saturated heterocycles. The molecule has 1 aliphatic carbocycles. The molecular formula is C93H127N11O34. The maximum Gasteiger partial charge on any atom is 0.363 e. The van der Waals surface area contributed by atoms with Crippen molar-refractivity contribution in [3.8, 4) is 0 Å². The van der Waals surface area contributed by atoms with Gasteiger partial charge in [0.05, 0.1) is 37.5 Å². The third-order valence-electron chi connectivity index (χ3n) is 23.4. The quantitative estimate of drug-likeness (QED) is 0.0674. The topological polar surface area (TPSA) is 579 Å². The zero-order valence-electron chi connectivity index (χ0n) is 81.2. The Morgan fingerprint density at radius 3 is 1.05 bits per heavy atom. The number of ether oxygens (including phenoxy) is 1. The summed E-state index contributed by atoms with van der Waals surface area (Å²) in [5, 5.41) is 8.19. The van der Waals surface area contributed by atoms with E-state index in [4.69, 9.17) is 28.9 Å². The molecule has 45 nitrogen and oxygen atoms in total. The van der Waals surface area contributed by atoms with Crippen LogP contribution in [0.3, 0.4) is 0 Å². The van der Waals surface area contributed by atoms with Crippen molar-refractivity contribution in [2.24, 2.45) is 101 Å². The van der Waals surface area contributed by atoms with Crippen LogP contribution in [0.15, 0.2) is 24.3 Å². The summed E-state index contributed by atoms with van der Waals surface area (Å²) in [6.07, 6.45) is 4.51. The number of Topliss-reactive ketones (excluding diaryl/α,β-unsaturated/α-hetero) is 1. The number of ketones is 1. The molecule has 9 atom stereocenters. The van der Waals surface area contributed by atoms with Crippen LogP contribution in [0.4, 0.5) is 5.69 Å². The molecule has 1 aromatic rings. The van der Waals surface area contributed by atoms with Crippen LogP contribution in [0, 0.1) is 101 Å². The minimum absolute atomic E-state index is 0.0119. The Hall–Kier alpha value is -13.1. The van der Waals surface area contributed by atoms with Gasteiger partial charge in [0.1, 0.15) is 13.1 Å². The van der Waals surface area contributed by atoms with Gasteiger partial charge in [-0.15, -0.1) is 30.4 Å². The van der Waals surface area contributed by atoms with E-state index in [1.54, 1.807) is 53.7 Å². The van der Waals surface area contributed by atoms with E-state index in [2.05, 4.69) is 15.5 Å². The number of hydrogen-bond donors (Lipinski definition) is 2. The summed E-state index contributed by atoms with van der Waals surface area (Å²) < 4.78 is 5.27. The van der Waals surface area contributed by atoms with E-state index in [0.717, 1.165) is 9.80 Å². The second-order valence-electron chi connectivity index (χ2n) is 38.0. The average Bonchev–Trinajstić information content (AvgIpc) is 1.66. The Kier molecular flexibility index (Phi) is 42.7. The summed E-state index contributed by atoms with van der Waals surface area (Å²) >= 11 is 0. The molecule has 10 aliphatic rings. The molecule has 138 heavy (non-hydrogen) atoms. The lowest BCUT2D eigenvalue weighted by atomic mass is 9.82. The first-order chi connectivity index (χ1) is 64.5. The number of anilines is 1. The second-order valence-corrected chi connectivity index (χ2v) is 38.0. The molecular weight excluding hydrogens is 1820 g/mol. The zero-order valence-corrected chi connectivity index (χ0v) is 81.2. The van der Waals surface area contributed by atoms with Crippen LogP contribution in [0.1, 0.15) is 257 Å². The van der Waals surface area contributed by atoms with Crippen LogP contribution < -0.4 is 10.6 Å². The number of amides is 20. The number of hydroxylamine groups is 12. The van der Waals surface area contributed by atoms with E-state index in [9.17, 15) is 129 Å². The van der Waals surface area contributed by atoms with Crippen LogP contribution in [0.25, 0.3) is 0 Å². The van der Waals surface area contributed by atoms with Crippen molar-refractivity contribution in [2.45, 2.75) is 247 Å². The van der Waals surface area contributed by atoms with Gasteiger partial charge in [0.25, 0.3) is 70.9 Å². The standard InChI is InChI=1S/C20H28N2O8.C20H28N2O6.C17H20N2O5.C14H18N2O6.C12H18N2O5.C10H15NO4/c1-12(2)15-10-16(24)21(20(15)28)11-14(23)5-4-7-29-8-6-18(26)30-22-17(25)9-13(3)19(22)27;1-11(2)15-9-16(23)21(19(15)26)10-13-4-6-14(7-5-13)20(27)28-22-17(24)8-12(3)18(22)25;1-10(2)8-14(20)18-13-6-4-12(5-7-13)17(23)24-19-15(21)9-11(3)16(19)22;1-7(2)9-5-10(17)15(14(9)21)6-12(19)22-16-11(18)4-8(3)13(16)20;1-7(2)4-9(15)13-6-11(17)19-14-10(16)5-8(3)12(14)18;1-6(2)4-9(13)15-11-8(12)5-7(3)10(11)14/h12-13,15H,4-11H2,1-3H3;11-15H,4-10H2,1-3H3;4-7,10-11H,8-9H2,1-3H3,(H,18,20);7-9H,4-6H2,1-3H3;7-8H,4-6H2,1-3H3,(H,13,15);6-7H,4-5H2,1-3H3. The molecule has 10 fully saturated rings. The molecule has 0 aromatic heterocycles. The van der Waals surface area contributed by atoms with Gasteiger partial charge in [0.15, 0.2) is 5.78 Å². The van der Waals surface area contributed by atoms with Crippen LogP contribution in [0.5, 0.6) is 0 Å². The van der Waals surface area contributed by atoms with Gasteiger partial charge in [-0.3, -0.25) is 115 Å². The molecule has 9 aliphatic heterocycles. The summed E-state index contributed by atoms with van der Waals surface area (Å²) in [6, 6.07) is 6.04. The summed E-state index contributed by atoms with van der Waals surface area (Å²) in [4.78, 5) is 349. The predicted octanol–water partition coefficient (Wildman–Crippen LogP) is 5.20. The Bertz CT molecular complexity index is 4860. The van der Waals surface area contributed by atoms with Gasteiger partial charge >= 0.3 is 35.8 Å². The SMILES string of the molecule is CC(C)CC(=O)NCC(=O)ON1C(=O)CC(C)C1=O.CC(C)CC(=O)Nc1ccc(C(=O)ON2C(=O)CC(C)C2=O)cc1.CC(C)CC(=O)ON1C(=O)CC(C)C1=O.CC1CC(=O)N(OC(=O)C2CCC(CN3C(=O)CC(C(C)C)C3=O)CC2)C1=O.CC1CC(=O)N(OC(=O)CCOCCCC(=O)CN2C(=O)CC(C(C)C)C2=O)C1=O.CC1CC(=O)N(OC(=O)CN2C(=O)CC(C(C)C)C2=O)C1=O. The van der Waals surface area contributed by atoms with E-state index in [-0.39, 0.29) is 215 Å². The van der Waals surface area contributed by atoms with Gasteiger partial charge in [-0.05, 0) is 97.8 Å². The van der Waals surface area contributed by atoms with Crippen molar-refractivity contribution in [1.82, 2.24) is 50.4 Å². The number of nitrogens with zero attached hydrogens (tertiary/aromatic N) is 9. The zero-order chi connectivity index (χ0) is 104. The molecule has 1 aromatic carbocycles. The molecule has 0 radical (unpaired) electrons. The predicted molar refractivity (Wildman–Crippen MR) is 470 cm³/mol. The van der Waals surface area contributed by atoms with Crippen molar-refractivity contribution in [1.29, 1.82) is 0 Å². The largest absolute Gasteiger partial charge is 0.381 e. The molecule has 11 rings (SSSR count). The highest BCUT2D eigenvalue weighted by Gasteiger charge is 2.49. The minimum Gasteiger partial charge on any atom is -0.381 e. The molecule has 20 amide bonds. The Balaban J connectivity index is 0.000000257. The Labute approximate surface area is 797 Å². The summed E-state index contributed by atoms with van der Waals surface area (Å²) in [5.41, 5.74) is 0.733. The molecule has 9 unspecified atom stereocenters. The van der Waals surface area contributed by atoms with Crippen molar-refractivity contribution in [3.63, 3.8) is 0 Å². The third kappa shape index (κ3) is 32.5. The summed E-state index contributed by atoms with van der Waals surface area (Å²) in [5.74, 6) is -16.3. The molecule has 1 saturated carbocycles. The second kappa shape index (κ2) is 51.9. The molecule has 2 N–H and O–H groups in total. The van der Waals surface area contributed by atoms with Crippen LogP contribution in [0.2, 0.25) is 0 Å². The highest BCUT2D eigenvalue weighted by atomic mass is 16.8. The number of carbonyl (C=O) groups is 27. The van der Waals surface area contributed by atoms with Gasteiger partial charge in [-0.2, -0.15) is 0 Å². The van der Waals surface area contributed by atoms with Crippen LogP contribution in [-0.2, 0) is 158 Å². The monoisotopic (exact) mass is 1940 g/mol. The maximum absolute atomic E-state index is 12.4. The van der Waals surface area contributed by atoms with Crippen molar-refractivity contribution in [2.75, 3.05) is 44.7 Å². The number of nitrogens with one attached hydrogen (secondary N) is 2. The first-order valence-corrected chi connectivity index (χ1v) is 46.3. The molecule has 0 bridgehead atoms. The lowest BCUT2D eigenvalue weighted by molar-refractivity contribution is -0.202. The van der Waals surface area contributed by atoms with Crippen molar-refractivity contribution < 1.29 is 163 Å². The smallest absolute Gasteiger partial charge is 0.363 e. The number of hydrogen-bond acceptors (Lipinski definition) is 34. The van der Waals surface area contributed by atoms with E-state index >= 15 is 0 Å². The Morgan fingerprint density at radius 2 is 0.681 bits per heavy atom. The number of carbonyl (C=O) groups excluding carboxylic acids is 27. The van der Waals surface area contributed by atoms with Crippen LogP contribution in [-0.4, -0.2) is 244 Å². The van der Waals surface area contributed by atoms with Gasteiger partial charge in [-0.25, -0.2) is 28.8 Å². The van der Waals surface area contributed by atoms with E-state index in [1.807, 2.05) is 83.1 Å². The van der Waals surface area contributed by atoms with Gasteiger partial charge in [0, 0.05) is 149 Å². The number of imide groups is 9. The number of rotatable bonds is 33. The fourth-order valence-corrected chi connectivity index (χ4v) is 15.2. The van der Waals surface area contributed by atoms with Crippen molar-refractivity contribution in [3.05, 3.63) is 29.8 Å². The van der Waals surface area contributed by atoms with E-state index < -0.39 is 161 Å². The average molecular weight is 1940 g/mol. The maximum atomic E-state index is 12.4. The highest BCUT2D eigenvalue weighted by Crippen LogP contribution is 2.36. The molecule has 0 spiro atoms. The van der Waals surface area contributed by atoms with E-state index in [0.29, 0.717) is 87.6 Å². The Morgan fingerprint density at radius 1 is 0.341 bits per heavy atom. The third-order valence-corrected chi connectivity index (χ3v) is 23.4. The van der Waals surface area contributed by atoms with Crippen molar-refractivity contribution >= 4 is 165 Å². The van der Waals surface area contributed by atoms with E-state index in [1.165, 1.54) is 17.0 Å². The summed E-state index contributed by atoms with van der Waals surface area (Å²) in [6.45, 7) is 31.7. The molecule has 9 heterocycles. The number of likely N-dealkylation sites (tertiary alicyclic amines) is 3. The lowest BCUT2D eigenvalue weighted by Crippen LogP contribution is -2.41. The van der Waals surface area contributed by atoms with Crippen LogP contribution >= 0.6 is 0 Å². The lowest BCUT2D eigenvalue weighted by Gasteiger charge is -2.30. The highest BCUT2D eigenvalue weighted by molar-refractivity contribution is 6.10. The molecule has 758 valence electrons. The number of benzene rings is 1.